The largest absolute Gasteiger partial charge is 0.512 e. The summed E-state index contributed by atoms with van der Waals surface area (Å²) in [7, 11) is 0. The summed E-state index contributed by atoms with van der Waals surface area (Å²) in [6.07, 6.45) is 7.54. The normalized spacial score (nSPS) is 12.7. The Morgan fingerprint density at radius 1 is 0.900 bits per heavy atom. The van der Waals surface area contributed by atoms with Crippen LogP contribution in [0.25, 0.3) is 43.0 Å². The summed E-state index contributed by atoms with van der Waals surface area (Å²) in [5.74, 6) is 0.903. The van der Waals surface area contributed by atoms with Crippen molar-refractivity contribution in [2.24, 2.45) is 16.7 Å². The molecule has 0 amide bonds. The molecule has 3 aromatic carbocycles. The molecule has 1 N–H and O–H groups in total. The average Bonchev–Trinajstić information content (AvgIpc) is 3.39. The molecule has 4 nitrogen and oxygen atoms in total. The minimum absolute atomic E-state index is 0. The van der Waals surface area contributed by atoms with Crippen molar-refractivity contribution in [1.29, 1.82) is 0 Å². The van der Waals surface area contributed by atoms with Gasteiger partial charge >= 0.3 is 0 Å². The van der Waals surface area contributed by atoms with Crippen LogP contribution in [0.5, 0.6) is 0 Å². The number of aromatic nitrogens is 2. The number of rotatable bonds is 10. The molecule has 0 aliphatic rings. The molecule has 50 heavy (non-hydrogen) atoms. The standard InChI is InChI=1S/C29H29N2S.C15H28O2.Ir/c1-17(2)11-25-18(3)26-28(32-25)27(31-16-30-26)22-13-21-12-19-9-7-8-10-20(19)14-23(21)24(15-22)29(4,5)6;1-7-14(5,8-2)12(16)11-13(17)15(6,9-3)10-4;/h7-10,12,14-17H,11H2,1-6H3;11,16H,7-10H2,1-6H3;/q-1;;/b;12-11-;. The summed E-state index contributed by atoms with van der Waals surface area (Å²) in [6.45, 7) is 25.7. The summed E-state index contributed by atoms with van der Waals surface area (Å²) >= 11 is 1.85. The Morgan fingerprint density at radius 3 is 2.02 bits per heavy atom. The van der Waals surface area contributed by atoms with E-state index in [2.05, 4.69) is 95.1 Å². The van der Waals surface area contributed by atoms with Crippen LogP contribution in [-0.2, 0) is 36.7 Å². The van der Waals surface area contributed by atoms with E-state index in [0.29, 0.717) is 5.92 Å². The number of carbonyl (C=O) groups is 1. The first-order chi connectivity index (χ1) is 23.0. The number of aryl methyl sites for hydroxylation is 1. The first kappa shape index (κ1) is 41.5. The van der Waals surface area contributed by atoms with Gasteiger partial charge in [-0.25, -0.2) is 4.98 Å². The van der Waals surface area contributed by atoms with Gasteiger partial charge in [0, 0.05) is 52.3 Å². The molecule has 1 radical (unpaired) electrons. The smallest absolute Gasteiger partial charge is 0.164 e. The monoisotopic (exact) mass is 870 g/mol. The van der Waals surface area contributed by atoms with E-state index >= 15 is 0 Å². The average molecular weight is 870 g/mol. The fourth-order valence-electron chi connectivity index (χ4n) is 6.23. The molecule has 0 atom stereocenters. The quantitative estimate of drug-likeness (QED) is 0.0657. The van der Waals surface area contributed by atoms with Gasteiger partial charge in [0.2, 0.25) is 0 Å². The first-order valence-corrected chi connectivity index (χ1v) is 18.9. The number of nitrogens with zero attached hydrogens (tertiary/aromatic N) is 2. The van der Waals surface area contributed by atoms with Crippen LogP contribution in [0.15, 0.2) is 60.6 Å². The van der Waals surface area contributed by atoms with Crippen molar-refractivity contribution in [2.45, 2.75) is 121 Å². The molecule has 0 fully saturated rings. The van der Waals surface area contributed by atoms with Crippen LogP contribution in [0.1, 0.15) is 118 Å². The third-order valence-corrected chi connectivity index (χ3v) is 12.1. The molecule has 6 heteroatoms. The third kappa shape index (κ3) is 8.74. The maximum Gasteiger partial charge on any atom is 0.164 e. The molecule has 0 aliphatic carbocycles. The van der Waals surface area contributed by atoms with Crippen LogP contribution in [-0.4, -0.2) is 20.9 Å². The number of aliphatic hydroxyl groups is 1. The SMILES string of the molecule is CCC(C)(CC)C(=O)/C=C(\O)C(C)(CC)CC.Cc1c(CC(C)C)sc2c(-c3[c-]c4cc5ccccc5cc4c(C(C)(C)C)c3)ncnc12.[Ir]. The Balaban J connectivity index is 0.000000323. The number of allylic oxidation sites excluding steroid dienone is 2. The molecule has 0 aliphatic heterocycles. The Kier molecular flexibility index (Phi) is 13.8. The zero-order valence-electron chi connectivity index (χ0n) is 32.3. The van der Waals surface area contributed by atoms with E-state index in [4.69, 9.17) is 4.98 Å². The van der Waals surface area contributed by atoms with Gasteiger partial charge in [-0.2, -0.15) is 0 Å². The van der Waals surface area contributed by atoms with Crippen molar-refractivity contribution in [3.05, 3.63) is 82.7 Å². The second-order valence-corrected chi connectivity index (χ2v) is 16.8. The van der Waals surface area contributed by atoms with Gasteiger partial charge in [0.25, 0.3) is 0 Å². The number of thiophene rings is 1. The molecule has 0 spiro atoms. The fraction of sp³-hybridized carbons (Fsp3) is 0.477. The van der Waals surface area contributed by atoms with E-state index in [1.54, 1.807) is 6.33 Å². The maximum atomic E-state index is 12.2. The van der Waals surface area contributed by atoms with Gasteiger partial charge in [-0.1, -0.05) is 123 Å². The zero-order valence-corrected chi connectivity index (χ0v) is 35.5. The molecular weight excluding hydrogens is 813 g/mol. The van der Waals surface area contributed by atoms with Gasteiger partial charge in [-0.15, -0.1) is 40.5 Å². The number of carbonyl (C=O) groups excluding carboxylic acids is 1. The maximum absolute atomic E-state index is 12.2. The van der Waals surface area contributed by atoms with Crippen molar-refractivity contribution in [3.63, 3.8) is 0 Å². The molecule has 271 valence electrons. The predicted molar refractivity (Wildman–Crippen MR) is 212 cm³/mol. The van der Waals surface area contributed by atoms with Crippen molar-refractivity contribution in [3.8, 4) is 11.3 Å². The van der Waals surface area contributed by atoms with Crippen LogP contribution in [0.2, 0.25) is 0 Å². The van der Waals surface area contributed by atoms with Crippen LogP contribution >= 0.6 is 11.3 Å². The number of aliphatic hydroxyl groups excluding tert-OH is 1. The zero-order chi connectivity index (χ0) is 36.3. The van der Waals surface area contributed by atoms with E-state index in [1.165, 1.54) is 42.9 Å². The van der Waals surface area contributed by atoms with Crippen molar-refractivity contribution >= 4 is 48.9 Å². The molecule has 0 saturated carbocycles. The minimum Gasteiger partial charge on any atom is -0.512 e. The van der Waals surface area contributed by atoms with Gasteiger partial charge in [0.05, 0.1) is 5.52 Å². The van der Waals surface area contributed by atoms with E-state index < -0.39 is 0 Å². The minimum atomic E-state index is -0.337. The van der Waals surface area contributed by atoms with Gasteiger partial charge < -0.3 is 5.11 Å². The molecule has 0 saturated heterocycles. The number of benzene rings is 3. The molecule has 2 heterocycles. The molecular formula is C44H57IrN2O2S-. The molecule has 2 aromatic heterocycles. The number of ketones is 1. The Labute approximate surface area is 318 Å². The Hall–Kier alpha value is -2.92. The molecule has 5 aromatic rings. The van der Waals surface area contributed by atoms with E-state index in [1.807, 2.05) is 52.9 Å². The fourth-order valence-corrected chi connectivity index (χ4v) is 7.70. The van der Waals surface area contributed by atoms with Crippen molar-refractivity contribution < 1.29 is 30.0 Å². The summed E-state index contributed by atoms with van der Waals surface area (Å²) < 4.78 is 1.18. The Morgan fingerprint density at radius 2 is 1.48 bits per heavy atom. The number of hydrogen-bond donors (Lipinski definition) is 1. The first-order valence-electron chi connectivity index (χ1n) is 18.1. The van der Waals surface area contributed by atoms with Gasteiger partial charge in [-0.3, -0.25) is 9.78 Å². The molecule has 0 unspecified atom stereocenters. The second kappa shape index (κ2) is 16.6. The summed E-state index contributed by atoms with van der Waals surface area (Å²) in [5.41, 5.74) is 5.17. The van der Waals surface area contributed by atoms with Gasteiger partial charge in [0.1, 0.15) is 12.1 Å². The number of fused-ring (bicyclic) bond motifs is 3. The second-order valence-electron chi connectivity index (χ2n) is 15.7. The van der Waals surface area contributed by atoms with Crippen LogP contribution in [0.3, 0.4) is 0 Å². The van der Waals surface area contributed by atoms with E-state index in [-0.39, 0.29) is 47.9 Å². The summed E-state index contributed by atoms with van der Waals surface area (Å²) in [6, 6.07) is 19.2. The molecule has 0 bridgehead atoms. The topological polar surface area (TPSA) is 63.1 Å². The third-order valence-electron chi connectivity index (χ3n) is 10.8. The van der Waals surface area contributed by atoms with E-state index in [9.17, 15) is 9.90 Å². The van der Waals surface area contributed by atoms with Crippen molar-refractivity contribution in [2.75, 3.05) is 0 Å². The van der Waals surface area contributed by atoms with Crippen LogP contribution in [0.4, 0.5) is 0 Å². The van der Waals surface area contributed by atoms with Gasteiger partial charge in [0.15, 0.2) is 5.78 Å². The predicted octanol–water partition coefficient (Wildman–Crippen LogP) is 12.9. The van der Waals surface area contributed by atoms with Crippen molar-refractivity contribution in [1.82, 2.24) is 9.97 Å². The van der Waals surface area contributed by atoms with E-state index in [0.717, 1.165) is 54.3 Å². The molecule has 5 rings (SSSR count). The van der Waals surface area contributed by atoms with Gasteiger partial charge in [-0.05, 0) is 61.3 Å². The summed E-state index contributed by atoms with van der Waals surface area (Å²) in [5, 5.41) is 15.1. The van der Waals surface area contributed by atoms with Crippen LogP contribution in [0, 0.1) is 29.7 Å². The number of hydrogen-bond acceptors (Lipinski definition) is 5. The Bertz CT molecular complexity index is 1970. The summed E-state index contributed by atoms with van der Waals surface area (Å²) in [4.78, 5) is 23.0. The van der Waals surface area contributed by atoms with Crippen LogP contribution < -0.4 is 0 Å².